The number of rotatable bonds is 1. The lowest BCUT2D eigenvalue weighted by Gasteiger charge is -2.29. The van der Waals surface area contributed by atoms with E-state index in [0.29, 0.717) is 32.5 Å². The van der Waals surface area contributed by atoms with E-state index in [4.69, 9.17) is 4.74 Å². The van der Waals surface area contributed by atoms with Gasteiger partial charge in [0.05, 0.1) is 19.4 Å². The largest absolute Gasteiger partial charge is 0.378 e. The molecule has 0 radical (unpaired) electrons. The second-order valence-corrected chi connectivity index (χ2v) is 3.16. The predicted molar refractivity (Wildman–Crippen MR) is 47.1 cm³/mol. The third kappa shape index (κ3) is 1.90. The van der Waals surface area contributed by atoms with Crippen molar-refractivity contribution in [2.24, 2.45) is 0 Å². The lowest BCUT2D eigenvalue weighted by Crippen LogP contribution is -2.37. The molecule has 1 saturated heterocycles. The Balaban J connectivity index is 2.36. The number of hydrogen-bond acceptors (Lipinski definition) is 3. The van der Waals surface area contributed by atoms with Crippen LogP contribution in [-0.4, -0.2) is 31.3 Å². The van der Waals surface area contributed by atoms with Crippen LogP contribution in [0.1, 0.15) is 0 Å². The van der Waals surface area contributed by atoms with Gasteiger partial charge in [-0.05, 0) is 0 Å². The molecule has 1 fully saturated rings. The maximum atomic E-state index is 13.3. The molecule has 0 amide bonds. The van der Waals surface area contributed by atoms with E-state index in [-0.39, 0.29) is 5.69 Å². The molecule has 82 valence electrons. The van der Waals surface area contributed by atoms with E-state index in [1.165, 1.54) is 4.90 Å². The van der Waals surface area contributed by atoms with Gasteiger partial charge in [0.1, 0.15) is 5.69 Å². The third-order valence-electron chi connectivity index (χ3n) is 2.23. The Labute approximate surface area is 84.5 Å². The molecule has 1 aliphatic heterocycles. The summed E-state index contributed by atoms with van der Waals surface area (Å²) in [6, 6.07) is 0. The number of ether oxygens (including phenoxy) is 1. The SMILES string of the molecule is Fc1cnc(F)c(F)c1N1CCOCC1. The summed E-state index contributed by atoms with van der Waals surface area (Å²) >= 11 is 0. The molecule has 0 atom stereocenters. The van der Waals surface area contributed by atoms with E-state index in [1.807, 2.05) is 0 Å². The summed E-state index contributed by atoms with van der Waals surface area (Å²) in [5, 5.41) is 0. The zero-order chi connectivity index (χ0) is 10.8. The summed E-state index contributed by atoms with van der Waals surface area (Å²) in [7, 11) is 0. The fourth-order valence-electron chi connectivity index (χ4n) is 1.51. The average molecular weight is 218 g/mol. The summed E-state index contributed by atoms with van der Waals surface area (Å²) in [4.78, 5) is 4.37. The maximum absolute atomic E-state index is 13.3. The summed E-state index contributed by atoms with van der Waals surface area (Å²) in [5.74, 6) is -3.37. The van der Waals surface area contributed by atoms with E-state index >= 15 is 0 Å². The van der Waals surface area contributed by atoms with Crippen molar-refractivity contribution in [1.29, 1.82) is 0 Å². The molecule has 0 N–H and O–H groups in total. The minimum absolute atomic E-state index is 0.345. The van der Waals surface area contributed by atoms with Crippen molar-refractivity contribution in [3.8, 4) is 0 Å². The molecule has 0 aliphatic carbocycles. The first-order valence-corrected chi connectivity index (χ1v) is 4.52. The monoisotopic (exact) mass is 218 g/mol. The highest BCUT2D eigenvalue weighted by Gasteiger charge is 2.22. The van der Waals surface area contributed by atoms with Gasteiger partial charge in [-0.1, -0.05) is 0 Å². The Morgan fingerprint density at radius 2 is 1.87 bits per heavy atom. The minimum atomic E-state index is -1.28. The van der Waals surface area contributed by atoms with Crippen LogP contribution in [0, 0.1) is 17.6 Å². The first kappa shape index (κ1) is 10.2. The van der Waals surface area contributed by atoms with Gasteiger partial charge < -0.3 is 9.64 Å². The Bertz CT molecular complexity index is 367. The van der Waals surface area contributed by atoms with Gasteiger partial charge >= 0.3 is 0 Å². The van der Waals surface area contributed by atoms with Crippen LogP contribution >= 0.6 is 0 Å². The van der Waals surface area contributed by atoms with Crippen molar-refractivity contribution in [2.45, 2.75) is 0 Å². The van der Waals surface area contributed by atoms with Gasteiger partial charge in [-0.15, -0.1) is 0 Å². The number of nitrogens with zero attached hydrogens (tertiary/aromatic N) is 2. The zero-order valence-electron chi connectivity index (χ0n) is 7.84. The van der Waals surface area contributed by atoms with Crippen LogP contribution in [0.25, 0.3) is 0 Å². The molecule has 0 unspecified atom stereocenters. The second-order valence-electron chi connectivity index (χ2n) is 3.16. The molecule has 1 aromatic rings. The standard InChI is InChI=1S/C9H9F3N2O/c10-6-5-13-9(12)7(11)8(6)14-1-3-15-4-2-14/h5H,1-4H2. The van der Waals surface area contributed by atoms with Crippen LogP contribution in [-0.2, 0) is 4.74 Å². The Hall–Kier alpha value is -1.30. The van der Waals surface area contributed by atoms with Crippen molar-refractivity contribution in [1.82, 2.24) is 4.98 Å². The number of halogens is 3. The van der Waals surface area contributed by atoms with Gasteiger partial charge in [0.25, 0.3) is 5.95 Å². The van der Waals surface area contributed by atoms with E-state index in [9.17, 15) is 13.2 Å². The van der Waals surface area contributed by atoms with Gasteiger partial charge in [0.2, 0.25) is 5.82 Å². The molecule has 15 heavy (non-hydrogen) atoms. The fraction of sp³-hybridized carbons (Fsp3) is 0.444. The van der Waals surface area contributed by atoms with Crippen LogP contribution in [0.3, 0.4) is 0 Å². The third-order valence-corrected chi connectivity index (χ3v) is 2.23. The molecule has 1 aromatic heterocycles. The molecule has 0 spiro atoms. The molecular formula is C9H9F3N2O. The molecule has 0 bridgehead atoms. The van der Waals surface area contributed by atoms with Gasteiger partial charge in [-0.25, -0.2) is 9.37 Å². The van der Waals surface area contributed by atoms with E-state index in [1.54, 1.807) is 0 Å². The van der Waals surface area contributed by atoms with Gasteiger partial charge in [-0.2, -0.15) is 8.78 Å². The molecule has 0 saturated carbocycles. The van der Waals surface area contributed by atoms with Crippen LogP contribution < -0.4 is 4.90 Å². The van der Waals surface area contributed by atoms with Crippen molar-refractivity contribution >= 4 is 5.69 Å². The van der Waals surface area contributed by atoms with Crippen molar-refractivity contribution in [3.63, 3.8) is 0 Å². The Kier molecular flexibility index (Phi) is 2.77. The molecule has 6 heteroatoms. The molecule has 3 nitrogen and oxygen atoms in total. The van der Waals surface area contributed by atoms with Gasteiger partial charge in [0.15, 0.2) is 5.82 Å². The molecule has 2 rings (SSSR count). The fourth-order valence-corrected chi connectivity index (χ4v) is 1.51. The van der Waals surface area contributed by atoms with Crippen molar-refractivity contribution in [2.75, 3.05) is 31.2 Å². The summed E-state index contributed by atoms with van der Waals surface area (Å²) in [6.45, 7) is 1.44. The van der Waals surface area contributed by atoms with Crippen molar-refractivity contribution in [3.05, 3.63) is 23.8 Å². The number of pyridine rings is 1. The lowest BCUT2D eigenvalue weighted by atomic mass is 10.3. The smallest absolute Gasteiger partial charge is 0.251 e. The highest BCUT2D eigenvalue weighted by molar-refractivity contribution is 5.48. The Morgan fingerprint density at radius 1 is 1.20 bits per heavy atom. The van der Waals surface area contributed by atoms with E-state index in [2.05, 4.69) is 4.98 Å². The minimum Gasteiger partial charge on any atom is -0.378 e. The lowest BCUT2D eigenvalue weighted by molar-refractivity contribution is 0.122. The second kappa shape index (κ2) is 4.06. The maximum Gasteiger partial charge on any atom is 0.251 e. The highest BCUT2D eigenvalue weighted by atomic mass is 19.2. The van der Waals surface area contributed by atoms with Crippen LogP contribution in [0.4, 0.5) is 18.9 Å². The quantitative estimate of drug-likeness (QED) is 0.665. The predicted octanol–water partition coefficient (Wildman–Crippen LogP) is 1.34. The summed E-state index contributed by atoms with van der Waals surface area (Å²) < 4.78 is 44.4. The number of morpholine rings is 1. The van der Waals surface area contributed by atoms with Crippen LogP contribution in [0.2, 0.25) is 0 Å². The first-order valence-electron chi connectivity index (χ1n) is 4.52. The van der Waals surface area contributed by atoms with Gasteiger partial charge in [0, 0.05) is 13.1 Å². The van der Waals surface area contributed by atoms with Gasteiger partial charge in [-0.3, -0.25) is 0 Å². The number of aromatic nitrogens is 1. The normalized spacial score (nSPS) is 16.9. The summed E-state index contributed by atoms with van der Waals surface area (Å²) in [6.07, 6.45) is 0.684. The van der Waals surface area contributed by atoms with E-state index in [0.717, 1.165) is 0 Å². The molecule has 0 aromatic carbocycles. The van der Waals surface area contributed by atoms with Crippen molar-refractivity contribution < 1.29 is 17.9 Å². The zero-order valence-corrected chi connectivity index (χ0v) is 7.84. The Morgan fingerprint density at radius 3 is 2.53 bits per heavy atom. The number of anilines is 1. The van der Waals surface area contributed by atoms with Crippen LogP contribution in [0.15, 0.2) is 6.20 Å². The first-order chi connectivity index (χ1) is 7.20. The molecular weight excluding hydrogens is 209 g/mol. The molecule has 2 heterocycles. The number of hydrogen-bond donors (Lipinski definition) is 0. The average Bonchev–Trinajstić information content (AvgIpc) is 2.26. The summed E-state index contributed by atoms with van der Waals surface area (Å²) in [5.41, 5.74) is -0.356. The van der Waals surface area contributed by atoms with Crippen LogP contribution in [0.5, 0.6) is 0 Å². The molecule has 1 aliphatic rings. The highest BCUT2D eigenvalue weighted by Crippen LogP contribution is 2.24. The van der Waals surface area contributed by atoms with E-state index < -0.39 is 17.6 Å². The topological polar surface area (TPSA) is 25.4 Å².